The zero-order chi connectivity index (χ0) is 12.5. The number of thioether (sulfide) groups is 1. The van der Waals surface area contributed by atoms with E-state index < -0.39 is 0 Å². The summed E-state index contributed by atoms with van der Waals surface area (Å²) in [6.45, 7) is 0.875. The average molecular weight is 252 g/mol. The monoisotopic (exact) mass is 252 g/mol. The molecule has 1 amide bonds. The maximum Gasteiger partial charge on any atom is 0.224 e. The number of hydrogen-bond donors (Lipinski definition) is 2. The molecule has 0 aromatic heterocycles. The highest BCUT2D eigenvalue weighted by atomic mass is 32.2. The van der Waals surface area contributed by atoms with E-state index in [1.807, 2.05) is 19.2 Å². The van der Waals surface area contributed by atoms with Crippen LogP contribution in [0.1, 0.15) is 18.4 Å². The van der Waals surface area contributed by atoms with Gasteiger partial charge in [-0.1, -0.05) is 12.1 Å². The minimum atomic E-state index is 0.0814. The first kappa shape index (κ1) is 14.1. The van der Waals surface area contributed by atoms with Crippen LogP contribution in [0.15, 0.2) is 24.3 Å². The van der Waals surface area contributed by atoms with E-state index >= 15 is 0 Å². The Morgan fingerprint density at radius 1 is 1.29 bits per heavy atom. The molecule has 0 radical (unpaired) electrons. The number of rotatable bonds is 7. The smallest absolute Gasteiger partial charge is 0.224 e. The van der Waals surface area contributed by atoms with Gasteiger partial charge in [-0.2, -0.15) is 11.8 Å². The topological polar surface area (TPSA) is 41.1 Å². The van der Waals surface area contributed by atoms with Crippen LogP contribution in [0, 0.1) is 0 Å². The zero-order valence-corrected chi connectivity index (χ0v) is 11.3. The molecule has 1 aromatic rings. The number of amides is 1. The largest absolute Gasteiger partial charge is 0.326 e. The van der Waals surface area contributed by atoms with Gasteiger partial charge in [0.2, 0.25) is 5.91 Å². The highest BCUT2D eigenvalue weighted by molar-refractivity contribution is 7.97. The fraction of sp³-hybridized carbons (Fsp3) is 0.462. The van der Waals surface area contributed by atoms with E-state index in [1.54, 1.807) is 11.8 Å². The molecule has 0 spiro atoms. The van der Waals surface area contributed by atoms with Gasteiger partial charge in [0.15, 0.2) is 0 Å². The fourth-order valence-electron chi connectivity index (χ4n) is 1.50. The number of benzene rings is 1. The molecule has 2 N–H and O–H groups in total. The predicted molar refractivity (Wildman–Crippen MR) is 75.5 cm³/mol. The van der Waals surface area contributed by atoms with Crippen LogP contribution in [0.25, 0.3) is 0 Å². The van der Waals surface area contributed by atoms with Crippen molar-refractivity contribution in [2.45, 2.75) is 18.6 Å². The van der Waals surface area contributed by atoms with Crippen LogP contribution >= 0.6 is 11.8 Å². The Bertz CT molecular complexity index is 338. The molecule has 0 aliphatic carbocycles. The van der Waals surface area contributed by atoms with Gasteiger partial charge in [-0.3, -0.25) is 4.79 Å². The molecule has 0 aliphatic heterocycles. The molecule has 0 bridgehead atoms. The van der Waals surface area contributed by atoms with Gasteiger partial charge in [0.05, 0.1) is 0 Å². The lowest BCUT2D eigenvalue weighted by Gasteiger charge is -2.06. The zero-order valence-electron chi connectivity index (χ0n) is 10.5. The molecule has 0 aliphatic rings. The van der Waals surface area contributed by atoms with E-state index in [9.17, 15) is 4.79 Å². The molecule has 4 heteroatoms. The van der Waals surface area contributed by atoms with E-state index in [2.05, 4.69) is 29.0 Å². The van der Waals surface area contributed by atoms with Crippen molar-refractivity contribution >= 4 is 23.4 Å². The van der Waals surface area contributed by atoms with Crippen molar-refractivity contribution in [2.24, 2.45) is 0 Å². The Balaban J connectivity index is 2.37. The Hall–Kier alpha value is -1.00. The number of carbonyl (C=O) groups is 1. The highest BCUT2D eigenvalue weighted by Gasteiger charge is 2.01. The van der Waals surface area contributed by atoms with Crippen molar-refractivity contribution in [1.82, 2.24) is 5.32 Å². The Morgan fingerprint density at radius 3 is 2.59 bits per heavy atom. The average Bonchev–Trinajstić information content (AvgIpc) is 2.32. The van der Waals surface area contributed by atoms with Gasteiger partial charge in [0.25, 0.3) is 0 Å². The van der Waals surface area contributed by atoms with Gasteiger partial charge in [0, 0.05) is 17.9 Å². The quantitative estimate of drug-likeness (QED) is 0.733. The summed E-state index contributed by atoms with van der Waals surface area (Å²) in [6.07, 6.45) is 3.51. The van der Waals surface area contributed by atoms with Crippen LogP contribution in [0.3, 0.4) is 0 Å². The minimum absolute atomic E-state index is 0.0814. The van der Waals surface area contributed by atoms with Crippen molar-refractivity contribution in [3.05, 3.63) is 29.8 Å². The predicted octanol–water partition coefficient (Wildman–Crippen LogP) is 2.49. The van der Waals surface area contributed by atoms with Crippen LogP contribution in [0.2, 0.25) is 0 Å². The van der Waals surface area contributed by atoms with Crippen molar-refractivity contribution in [3.8, 4) is 0 Å². The maximum absolute atomic E-state index is 11.6. The second kappa shape index (κ2) is 8.14. The molecule has 0 unspecified atom stereocenters. The van der Waals surface area contributed by atoms with Crippen molar-refractivity contribution < 1.29 is 4.79 Å². The summed E-state index contributed by atoms with van der Waals surface area (Å²) in [4.78, 5) is 11.6. The number of hydrogen-bond acceptors (Lipinski definition) is 3. The van der Waals surface area contributed by atoms with Crippen molar-refractivity contribution in [3.63, 3.8) is 0 Å². The van der Waals surface area contributed by atoms with E-state index in [0.29, 0.717) is 6.42 Å². The Labute approximate surface area is 107 Å². The van der Waals surface area contributed by atoms with Crippen LogP contribution in [0.5, 0.6) is 0 Å². The first-order valence-electron chi connectivity index (χ1n) is 5.78. The summed E-state index contributed by atoms with van der Waals surface area (Å²) in [5.74, 6) is 1.09. The lowest BCUT2D eigenvalue weighted by molar-refractivity contribution is -0.116. The molecular formula is C13H20N2OS. The second-order valence-electron chi connectivity index (χ2n) is 3.89. The molecule has 0 heterocycles. The molecule has 94 valence electrons. The van der Waals surface area contributed by atoms with Gasteiger partial charge in [-0.05, 0) is 44.0 Å². The number of anilines is 1. The molecule has 0 saturated carbocycles. The van der Waals surface area contributed by atoms with Gasteiger partial charge >= 0.3 is 0 Å². The third-order valence-corrected chi connectivity index (χ3v) is 3.00. The second-order valence-corrected chi connectivity index (χ2v) is 4.75. The molecular weight excluding hydrogens is 232 g/mol. The van der Waals surface area contributed by atoms with Crippen molar-refractivity contribution in [2.75, 3.05) is 25.2 Å². The normalized spacial score (nSPS) is 10.2. The lowest BCUT2D eigenvalue weighted by atomic mass is 10.2. The van der Waals surface area contributed by atoms with Crippen LogP contribution in [0.4, 0.5) is 5.69 Å². The van der Waals surface area contributed by atoms with Gasteiger partial charge in [0.1, 0.15) is 0 Å². The molecule has 17 heavy (non-hydrogen) atoms. The molecule has 0 fully saturated rings. The third-order valence-electron chi connectivity index (χ3n) is 2.38. The van der Waals surface area contributed by atoms with Crippen LogP contribution < -0.4 is 10.6 Å². The van der Waals surface area contributed by atoms with Crippen molar-refractivity contribution in [1.29, 1.82) is 0 Å². The summed E-state index contributed by atoms with van der Waals surface area (Å²) < 4.78 is 0. The summed E-state index contributed by atoms with van der Waals surface area (Å²) >= 11 is 1.79. The lowest BCUT2D eigenvalue weighted by Crippen LogP contribution is -2.15. The molecule has 1 rings (SSSR count). The van der Waals surface area contributed by atoms with E-state index in [0.717, 1.165) is 24.4 Å². The van der Waals surface area contributed by atoms with E-state index in [4.69, 9.17) is 0 Å². The Morgan fingerprint density at radius 2 is 2.00 bits per heavy atom. The number of carbonyl (C=O) groups excluding carboxylic acids is 1. The minimum Gasteiger partial charge on any atom is -0.326 e. The fourth-order valence-corrected chi connectivity index (χ4v) is 2.03. The summed E-state index contributed by atoms with van der Waals surface area (Å²) in [7, 11) is 1.89. The summed E-state index contributed by atoms with van der Waals surface area (Å²) in [6, 6.07) is 8.03. The molecule has 0 atom stereocenters. The van der Waals surface area contributed by atoms with Gasteiger partial charge in [-0.25, -0.2) is 0 Å². The highest BCUT2D eigenvalue weighted by Crippen LogP contribution is 2.13. The first-order chi connectivity index (χ1) is 8.26. The molecule has 0 saturated heterocycles. The summed E-state index contributed by atoms with van der Waals surface area (Å²) in [5.41, 5.74) is 2.16. The number of nitrogens with one attached hydrogen (secondary N) is 2. The standard InChI is InChI=1S/C13H20N2OS/c1-14-9-3-4-13(16)15-12-7-5-11(6-8-12)10-17-2/h5-8,14H,3-4,9-10H2,1-2H3,(H,15,16). The van der Waals surface area contributed by atoms with Gasteiger partial charge < -0.3 is 10.6 Å². The molecule has 1 aromatic carbocycles. The van der Waals surface area contributed by atoms with E-state index in [1.165, 1.54) is 5.56 Å². The maximum atomic E-state index is 11.6. The third kappa shape index (κ3) is 5.75. The first-order valence-corrected chi connectivity index (χ1v) is 7.18. The van der Waals surface area contributed by atoms with Crippen LogP contribution in [-0.2, 0) is 10.5 Å². The van der Waals surface area contributed by atoms with Gasteiger partial charge in [-0.15, -0.1) is 0 Å². The SMILES string of the molecule is CNCCCC(=O)Nc1ccc(CSC)cc1. The molecule has 3 nitrogen and oxygen atoms in total. The van der Waals surface area contributed by atoms with Crippen LogP contribution in [-0.4, -0.2) is 25.8 Å². The Kier molecular flexibility index (Phi) is 6.74. The summed E-state index contributed by atoms with van der Waals surface area (Å²) in [5, 5.41) is 5.92. The van der Waals surface area contributed by atoms with E-state index in [-0.39, 0.29) is 5.91 Å².